The lowest BCUT2D eigenvalue weighted by atomic mass is 10.0. The Morgan fingerprint density at radius 2 is 2.15 bits per heavy atom. The van der Waals surface area contributed by atoms with Crippen LogP contribution in [0, 0.1) is 0 Å². The lowest BCUT2D eigenvalue weighted by Gasteiger charge is -2.27. The number of hydrogen-bond donors (Lipinski definition) is 1. The van der Waals surface area contributed by atoms with Gasteiger partial charge in [0.25, 0.3) is 0 Å². The van der Waals surface area contributed by atoms with Crippen LogP contribution >= 0.6 is 0 Å². The van der Waals surface area contributed by atoms with Crippen LogP contribution in [0.1, 0.15) is 30.4 Å². The summed E-state index contributed by atoms with van der Waals surface area (Å²) in [4.78, 5) is 2.32. The first kappa shape index (κ1) is 12.8. The molecular weight excluding hydrogens is 272 g/mol. The number of benzene rings is 1. The van der Waals surface area contributed by atoms with E-state index in [0.717, 1.165) is 25.8 Å². The van der Waals surface area contributed by atoms with Crippen molar-refractivity contribution in [2.45, 2.75) is 42.6 Å². The maximum Gasteiger partial charge on any atom is 0.156 e. The van der Waals surface area contributed by atoms with E-state index in [4.69, 9.17) is 5.73 Å². The van der Waals surface area contributed by atoms with Crippen molar-refractivity contribution in [1.82, 2.24) is 4.90 Å². The fourth-order valence-electron chi connectivity index (χ4n) is 3.61. The summed E-state index contributed by atoms with van der Waals surface area (Å²) in [5.41, 5.74) is 8.64. The number of nitrogens with zero attached hydrogens (tertiary/aromatic N) is 1. The molecule has 0 spiro atoms. The Kier molecular flexibility index (Phi) is 2.60. The molecule has 5 heteroatoms. The molecule has 108 valence electrons. The fourth-order valence-corrected chi connectivity index (χ4v) is 5.70. The molecule has 4 nitrogen and oxygen atoms in total. The number of fused-ring (bicyclic) bond motifs is 2. The van der Waals surface area contributed by atoms with Gasteiger partial charge in [-0.15, -0.1) is 0 Å². The summed E-state index contributed by atoms with van der Waals surface area (Å²) in [6.45, 7) is 1.55. The van der Waals surface area contributed by atoms with Crippen LogP contribution in [0.2, 0.25) is 0 Å². The highest BCUT2D eigenvalue weighted by molar-refractivity contribution is 7.92. The summed E-state index contributed by atoms with van der Waals surface area (Å²) in [5, 5.41) is -0.125. The average molecular weight is 292 g/mol. The van der Waals surface area contributed by atoms with Crippen LogP contribution in [0.25, 0.3) is 0 Å². The van der Waals surface area contributed by atoms with Crippen LogP contribution in [-0.4, -0.2) is 36.9 Å². The summed E-state index contributed by atoms with van der Waals surface area (Å²) in [5.74, 6) is 0.345. The normalized spacial score (nSPS) is 33.5. The molecule has 2 atom stereocenters. The van der Waals surface area contributed by atoms with Gasteiger partial charge in [0.05, 0.1) is 11.0 Å². The molecule has 20 heavy (non-hydrogen) atoms. The molecule has 1 saturated carbocycles. The molecule has 1 aromatic rings. The molecule has 3 aliphatic rings. The molecule has 0 aromatic heterocycles. The summed E-state index contributed by atoms with van der Waals surface area (Å²) in [6, 6.07) is 8.73. The standard InChI is InChI=1S/C15H20N2O2S/c16-15(4-5-15)12-3-1-2-11(6-12)8-17-9-14-7-13(17)10-20(14,18)19/h1-3,6,13-14H,4-5,7-10,16H2. The quantitative estimate of drug-likeness (QED) is 0.903. The Labute approximate surface area is 119 Å². The van der Waals surface area contributed by atoms with Gasteiger partial charge in [0, 0.05) is 24.7 Å². The van der Waals surface area contributed by atoms with E-state index in [-0.39, 0.29) is 16.8 Å². The average Bonchev–Trinajstić information content (AvgIpc) is 2.92. The number of sulfone groups is 1. The SMILES string of the molecule is NC1(c2cccc(CN3CC4CC3CS4(=O)=O)c2)CC1. The lowest BCUT2D eigenvalue weighted by molar-refractivity contribution is 0.257. The van der Waals surface area contributed by atoms with Gasteiger partial charge in [-0.25, -0.2) is 8.42 Å². The molecule has 2 saturated heterocycles. The van der Waals surface area contributed by atoms with Crippen LogP contribution in [0.3, 0.4) is 0 Å². The smallest absolute Gasteiger partial charge is 0.156 e. The summed E-state index contributed by atoms with van der Waals surface area (Å²) < 4.78 is 23.5. The zero-order chi connectivity index (χ0) is 14.0. The van der Waals surface area contributed by atoms with Gasteiger partial charge in [0.1, 0.15) is 0 Å². The molecule has 2 aliphatic heterocycles. The molecule has 3 fully saturated rings. The third-order valence-corrected chi connectivity index (χ3v) is 7.30. The van der Waals surface area contributed by atoms with Crippen molar-refractivity contribution in [1.29, 1.82) is 0 Å². The maximum absolute atomic E-state index is 11.8. The monoisotopic (exact) mass is 292 g/mol. The maximum atomic E-state index is 11.8. The van der Waals surface area contributed by atoms with Crippen molar-refractivity contribution in [2.24, 2.45) is 5.73 Å². The van der Waals surface area contributed by atoms with Gasteiger partial charge in [-0.1, -0.05) is 24.3 Å². The van der Waals surface area contributed by atoms with Crippen LogP contribution < -0.4 is 5.73 Å². The molecule has 2 heterocycles. The van der Waals surface area contributed by atoms with Crippen LogP contribution in [0.5, 0.6) is 0 Å². The largest absolute Gasteiger partial charge is 0.321 e. The molecule has 1 aliphatic carbocycles. The van der Waals surface area contributed by atoms with Crippen molar-refractivity contribution in [3.8, 4) is 0 Å². The van der Waals surface area contributed by atoms with Gasteiger partial charge in [-0.3, -0.25) is 4.90 Å². The third kappa shape index (κ3) is 2.00. The highest BCUT2D eigenvalue weighted by atomic mass is 32.2. The predicted octanol–water partition coefficient (Wildman–Crippen LogP) is 1.01. The van der Waals surface area contributed by atoms with Gasteiger partial charge in [0.15, 0.2) is 9.84 Å². The molecule has 4 rings (SSSR count). The third-order valence-electron chi connectivity index (χ3n) is 5.10. The van der Waals surface area contributed by atoms with Crippen LogP contribution in [0.15, 0.2) is 24.3 Å². The van der Waals surface area contributed by atoms with E-state index < -0.39 is 9.84 Å². The number of nitrogens with two attached hydrogens (primary N) is 1. The Hall–Kier alpha value is -0.910. The molecule has 0 amide bonds. The first-order chi connectivity index (χ1) is 9.46. The zero-order valence-electron chi connectivity index (χ0n) is 11.5. The second-order valence-electron chi connectivity index (χ2n) is 6.63. The van der Waals surface area contributed by atoms with E-state index in [1.165, 1.54) is 11.1 Å². The Morgan fingerprint density at radius 1 is 1.35 bits per heavy atom. The zero-order valence-corrected chi connectivity index (χ0v) is 12.3. The Balaban J connectivity index is 1.51. The summed E-state index contributed by atoms with van der Waals surface area (Å²) >= 11 is 0. The van der Waals surface area contributed by atoms with E-state index in [9.17, 15) is 8.42 Å². The minimum Gasteiger partial charge on any atom is -0.321 e. The minimum atomic E-state index is -2.80. The minimum absolute atomic E-state index is 0.0939. The van der Waals surface area contributed by atoms with Crippen molar-refractivity contribution in [3.63, 3.8) is 0 Å². The number of hydrogen-bond acceptors (Lipinski definition) is 4. The van der Waals surface area contributed by atoms with Gasteiger partial charge < -0.3 is 5.73 Å². The summed E-state index contributed by atoms with van der Waals surface area (Å²) in [6.07, 6.45) is 2.97. The summed E-state index contributed by atoms with van der Waals surface area (Å²) in [7, 11) is -2.80. The van der Waals surface area contributed by atoms with E-state index in [1.54, 1.807) is 0 Å². The highest BCUT2D eigenvalue weighted by Crippen LogP contribution is 2.43. The van der Waals surface area contributed by atoms with Gasteiger partial charge in [0.2, 0.25) is 0 Å². The first-order valence-corrected chi connectivity index (χ1v) is 9.02. The highest BCUT2D eigenvalue weighted by Gasteiger charge is 2.48. The topological polar surface area (TPSA) is 63.4 Å². The van der Waals surface area contributed by atoms with Gasteiger partial charge in [-0.2, -0.15) is 0 Å². The van der Waals surface area contributed by atoms with Crippen LogP contribution in [-0.2, 0) is 21.9 Å². The van der Waals surface area contributed by atoms with Gasteiger partial charge in [-0.05, 0) is 30.4 Å². The Bertz CT molecular complexity index is 652. The van der Waals surface area contributed by atoms with E-state index in [0.29, 0.717) is 12.3 Å². The molecule has 1 aromatic carbocycles. The van der Waals surface area contributed by atoms with Crippen molar-refractivity contribution in [3.05, 3.63) is 35.4 Å². The van der Waals surface area contributed by atoms with E-state index in [2.05, 4.69) is 29.2 Å². The molecule has 2 bridgehead atoms. The predicted molar refractivity (Wildman–Crippen MR) is 77.9 cm³/mol. The fraction of sp³-hybridized carbons (Fsp3) is 0.600. The number of likely N-dealkylation sites (tertiary alicyclic amines) is 1. The second kappa shape index (κ2) is 4.06. The first-order valence-electron chi connectivity index (χ1n) is 7.30. The van der Waals surface area contributed by atoms with E-state index >= 15 is 0 Å². The van der Waals surface area contributed by atoms with Crippen molar-refractivity contribution >= 4 is 9.84 Å². The van der Waals surface area contributed by atoms with Crippen LogP contribution in [0.4, 0.5) is 0 Å². The van der Waals surface area contributed by atoms with Crippen molar-refractivity contribution in [2.75, 3.05) is 12.3 Å². The van der Waals surface area contributed by atoms with Gasteiger partial charge >= 0.3 is 0 Å². The number of rotatable bonds is 3. The molecule has 2 unspecified atom stereocenters. The van der Waals surface area contributed by atoms with E-state index in [1.807, 2.05) is 0 Å². The Morgan fingerprint density at radius 3 is 2.75 bits per heavy atom. The van der Waals surface area contributed by atoms with Crippen molar-refractivity contribution < 1.29 is 8.42 Å². The molecular formula is C15H20N2O2S. The molecule has 2 N–H and O–H groups in total. The molecule has 0 radical (unpaired) electrons. The lowest BCUT2D eigenvalue weighted by Crippen LogP contribution is -2.39. The second-order valence-corrected chi connectivity index (χ2v) is 8.95.